The average Bonchev–Trinajstić information content (AvgIpc) is 3.84. The molecule has 0 bridgehead atoms. The van der Waals surface area contributed by atoms with Gasteiger partial charge in [0.1, 0.15) is 11.7 Å². The van der Waals surface area contributed by atoms with Gasteiger partial charge < -0.3 is 25.0 Å². The number of anilines is 2. The molecule has 63 heavy (non-hydrogen) atoms. The van der Waals surface area contributed by atoms with Gasteiger partial charge in [-0.25, -0.2) is 10.2 Å². The minimum atomic E-state index is -0.849. The van der Waals surface area contributed by atoms with Crippen LogP contribution in [0.25, 0.3) is 0 Å². The van der Waals surface area contributed by atoms with Gasteiger partial charge in [0.2, 0.25) is 11.8 Å². The zero-order valence-corrected chi connectivity index (χ0v) is 36.0. The van der Waals surface area contributed by atoms with E-state index in [1.54, 1.807) is 45.2 Å². The van der Waals surface area contributed by atoms with E-state index in [1.165, 1.54) is 24.3 Å². The average molecular weight is 867 g/mol. The van der Waals surface area contributed by atoms with Gasteiger partial charge in [-0.15, -0.1) is 0 Å². The number of imide groups is 1. The lowest BCUT2D eigenvalue weighted by atomic mass is 9.94. The van der Waals surface area contributed by atoms with Crippen LogP contribution < -0.4 is 21.4 Å². The smallest absolute Gasteiger partial charge is 0.412 e. The van der Waals surface area contributed by atoms with E-state index in [0.29, 0.717) is 41.8 Å². The number of likely N-dealkylation sites (N-methyl/N-ethyl adjacent to an activating group) is 1. The molecule has 5 atom stereocenters. The molecule has 5 unspecified atom stereocenters. The van der Waals surface area contributed by atoms with Gasteiger partial charge in [-0.2, -0.15) is 5.10 Å². The monoisotopic (exact) mass is 866 g/mol. The van der Waals surface area contributed by atoms with Crippen molar-refractivity contribution in [2.75, 3.05) is 37.9 Å². The molecule has 0 aromatic heterocycles. The first kappa shape index (κ1) is 47.3. The number of likely N-dealkylation sites (tertiary alicyclic amines) is 1. The molecule has 0 saturated carbocycles. The van der Waals surface area contributed by atoms with Crippen LogP contribution in [0.1, 0.15) is 86.9 Å². The number of rotatable bonds is 20. The van der Waals surface area contributed by atoms with Crippen molar-refractivity contribution in [3.8, 4) is 0 Å². The predicted octanol–water partition coefficient (Wildman–Crippen LogP) is 5.71. The molecular formula is C45H54N8O10. The van der Waals surface area contributed by atoms with Crippen molar-refractivity contribution in [2.45, 2.75) is 83.6 Å². The number of hydrogen-bond acceptors (Lipinski definition) is 12. The van der Waals surface area contributed by atoms with E-state index in [0.717, 1.165) is 30.4 Å². The Labute approximate surface area is 365 Å². The molecule has 2 aliphatic heterocycles. The van der Waals surface area contributed by atoms with E-state index in [1.807, 2.05) is 44.3 Å². The van der Waals surface area contributed by atoms with E-state index >= 15 is 0 Å². The number of nitro groups is 1. The first-order chi connectivity index (χ1) is 30.2. The van der Waals surface area contributed by atoms with Crippen LogP contribution >= 0.6 is 0 Å². The number of carbonyl (C=O) groups excluding carboxylic acids is 6. The third kappa shape index (κ3) is 12.9. The highest BCUT2D eigenvalue weighted by atomic mass is 16.6. The third-order valence-corrected chi connectivity index (χ3v) is 11.1. The fraction of sp³-hybridized carbons (Fsp3) is 0.400. The Bertz CT molecular complexity index is 2200. The molecule has 5 rings (SSSR count). The summed E-state index contributed by atoms with van der Waals surface area (Å²) in [6.45, 7) is 6.44. The van der Waals surface area contributed by atoms with Crippen molar-refractivity contribution >= 4 is 58.4 Å². The number of benzene rings is 3. The van der Waals surface area contributed by atoms with Gasteiger partial charge in [-0.1, -0.05) is 55.8 Å². The van der Waals surface area contributed by atoms with Crippen LogP contribution in [-0.2, 0) is 28.7 Å². The number of hydrazone groups is 1. The second-order valence-corrected chi connectivity index (χ2v) is 15.6. The second kappa shape index (κ2) is 22.3. The summed E-state index contributed by atoms with van der Waals surface area (Å²) in [5.74, 6) is -2.64. The Morgan fingerprint density at radius 1 is 0.921 bits per heavy atom. The topological polar surface area (TPSA) is 231 Å². The number of ether oxygens (including phenoxy) is 2. The molecule has 6 amide bonds. The summed E-state index contributed by atoms with van der Waals surface area (Å²) in [6, 6.07) is 18.9. The van der Waals surface area contributed by atoms with Crippen molar-refractivity contribution in [3.05, 3.63) is 112 Å². The maximum atomic E-state index is 13.5. The van der Waals surface area contributed by atoms with Gasteiger partial charge in [0.15, 0.2) is 0 Å². The summed E-state index contributed by atoms with van der Waals surface area (Å²) in [5.41, 5.74) is 3.67. The van der Waals surface area contributed by atoms with Crippen LogP contribution in [0.15, 0.2) is 90.0 Å². The Hall–Kier alpha value is -6.79. The van der Waals surface area contributed by atoms with E-state index in [-0.39, 0.29) is 54.1 Å². The molecule has 2 heterocycles. The quantitative estimate of drug-likeness (QED) is 0.0353. The lowest BCUT2D eigenvalue weighted by Crippen LogP contribution is -2.49. The maximum Gasteiger partial charge on any atom is 0.412 e. The van der Waals surface area contributed by atoms with Crippen LogP contribution in [0.5, 0.6) is 0 Å². The molecular weight excluding hydrogens is 813 g/mol. The van der Waals surface area contributed by atoms with Crippen molar-refractivity contribution in [2.24, 2.45) is 11.0 Å². The molecule has 3 aromatic rings. The number of carbonyl (C=O) groups is 6. The largest absolute Gasteiger partial charge is 0.439 e. The standard InChI is InChI=1S/C45H54N8O10/c1-28(41(62-5)36-15-12-25-51(36)4)43(57)46-30(3)42(32-13-8-6-9-14-32)63-45(59)48-33-19-17-31(18-20-33)29(2)49-50-44(58)35-22-21-34(27-37(35)53(60)61)47-38(54)16-10-7-11-26-52-39(55)23-24-40(52)56/h6,8-9,13-14,17-24,27-28,30,36,41-42H,7,10-12,15-16,25-26H2,1-5H3,(H,46,57)(H,47,54)(H,48,59)(H,50,58)/b49-29+. The highest BCUT2D eigenvalue weighted by Gasteiger charge is 2.37. The highest BCUT2D eigenvalue weighted by Crippen LogP contribution is 2.28. The summed E-state index contributed by atoms with van der Waals surface area (Å²) in [4.78, 5) is 90.1. The van der Waals surface area contributed by atoms with Crippen LogP contribution in [0, 0.1) is 16.0 Å². The highest BCUT2D eigenvalue weighted by molar-refractivity contribution is 6.12. The van der Waals surface area contributed by atoms with Crippen molar-refractivity contribution < 1.29 is 43.2 Å². The van der Waals surface area contributed by atoms with Gasteiger partial charge in [-0.3, -0.25) is 44.3 Å². The minimum absolute atomic E-state index is 0.106. The zero-order chi connectivity index (χ0) is 45.6. The van der Waals surface area contributed by atoms with Crippen molar-refractivity contribution in [1.82, 2.24) is 20.5 Å². The van der Waals surface area contributed by atoms with E-state index < -0.39 is 46.6 Å². The molecule has 4 N–H and O–H groups in total. The van der Waals surface area contributed by atoms with E-state index in [4.69, 9.17) is 9.47 Å². The fourth-order valence-corrected chi connectivity index (χ4v) is 7.60. The molecule has 334 valence electrons. The molecule has 0 aliphatic carbocycles. The Morgan fingerprint density at radius 3 is 2.24 bits per heavy atom. The molecule has 0 radical (unpaired) electrons. The van der Waals surface area contributed by atoms with Crippen molar-refractivity contribution in [3.63, 3.8) is 0 Å². The maximum absolute atomic E-state index is 13.5. The molecule has 1 saturated heterocycles. The number of methoxy groups -OCH3 is 1. The van der Waals surface area contributed by atoms with Crippen LogP contribution in [0.2, 0.25) is 0 Å². The molecule has 2 aliphatic rings. The summed E-state index contributed by atoms with van der Waals surface area (Å²) >= 11 is 0. The zero-order valence-electron chi connectivity index (χ0n) is 36.0. The van der Waals surface area contributed by atoms with Crippen LogP contribution in [0.4, 0.5) is 21.9 Å². The lowest BCUT2D eigenvalue weighted by Gasteiger charge is -2.33. The normalized spacial score (nSPS) is 17.1. The molecule has 18 heteroatoms. The van der Waals surface area contributed by atoms with Gasteiger partial charge in [0.05, 0.1) is 28.7 Å². The van der Waals surface area contributed by atoms with Crippen molar-refractivity contribution in [1.29, 1.82) is 0 Å². The molecule has 0 spiro atoms. The Balaban J connectivity index is 1.13. The molecule has 18 nitrogen and oxygen atoms in total. The first-order valence-electron chi connectivity index (χ1n) is 20.8. The summed E-state index contributed by atoms with van der Waals surface area (Å²) in [6.07, 6.45) is 4.20. The number of unbranched alkanes of at least 4 members (excludes halogenated alkanes) is 2. The SMILES string of the molecule is COC(C(C)C(=O)NC(C)C(OC(=O)Nc1ccc(/C(C)=N/NC(=O)c2ccc(NC(=O)CCCCCN3C(=O)C=CC3=O)cc2[N+](=O)[O-])cc1)c1ccccc1)C1CCCN1C. The lowest BCUT2D eigenvalue weighted by molar-refractivity contribution is -0.385. The van der Waals surface area contributed by atoms with Gasteiger partial charge in [0.25, 0.3) is 23.4 Å². The predicted molar refractivity (Wildman–Crippen MR) is 235 cm³/mol. The number of hydrogen-bond donors (Lipinski definition) is 4. The van der Waals surface area contributed by atoms with Crippen LogP contribution in [0.3, 0.4) is 0 Å². The fourth-order valence-electron chi connectivity index (χ4n) is 7.60. The number of nitro benzene ring substituents is 1. The summed E-state index contributed by atoms with van der Waals surface area (Å²) in [5, 5.41) is 24.4. The molecule has 1 fully saturated rings. The number of nitrogens with zero attached hydrogens (tertiary/aromatic N) is 4. The van der Waals surface area contributed by atoms with E-state index in [2.05, 4.69) is 31.4 Å². The number of amides is 6. The van der Waals surface area contributed by atoms with Gasteiger partial charge in [0, 0.05) is 55.7 Å². The second-order valence-electron chi connectivity index (χ2n) is 15.6. The van der Waals surface area contributed by atoms with Gasteiger partial charge >= 0.3 is 6.09 Å². The third-order valence-electron chi connectivity index (χ3n) is 11.1. The van der Waals surface area contributed by atoms with Crippen LogP contribution in [-0.4, -0.2) is 101 Å². The van der Waals surface area contributed by atoms with Gasteiger partial charge in [-0.05, 0) is 88.5 Å². The number of nitrogens with one attached hydrogen (secondary N) is 4. The Morgan fingerprint density at radius 2 is 1.60 bits per heavy atom. The summed E-state index contributed by atoms with van der Waals surface area (Å²) in [7, 11) is 3.65. The first-order valence-corrected chi connectivity index (χ1v) is 20.8. The van der Waals surface area contributed by atoms with E-state index in [9.17, 15) is 38.9 Å². The molecule has 3 aromatic carbocycles. The Kier molecular flexibility index (Phi) is 16.8. The summed E-state index contributed by atoms with van der Waals surface area (Å²) < 4.78 is 11.7. The minimum Gasteiger partial charge on any atom is -0.439 e.